The van der Waals surface area contributed by atoms with Gasteiger partial charge in [-0.2, -0.15) is 0 Å². The standard InChI is InChI=1S/C22H19N3O2/c1-16-7-5-6-10-21(16)27-22-12-11-17(13-20(22)26)14-25-15-19(23-24-25)18-8-3-2-4-9-18/h2-13,15,26H,14H2,1H3. The smallest absolute Gasteiger partial charge is 0.169 e. The minimum Gasteiger partial charge on any atom is -0.504 e. The maximum atomic E-state index is 10.3. The molecule has 1 heterocycles. The first-order valence-electron chi connectivity index (χ1n) is 8.70. The third kappa shape index (κ3) is 3.82. The number of aromatic nitrogens is 3. The first kappa shape index (κ1) is 16.8. The number of aryl methyl sites for hydroxylation is 1. The Bertz CT molecular complexity index is 1060. The summed E-state index contributed by atoms with van der Waals surface area (Å²) in [6, 6.07) is 23.0. The highest BCUT2D eigenvalue weighted by Crippen LogP contribution is 2.33. The second kappa shape index (κ2) is 7.33. The number of nitrogens with zero attached hydrogens (tertiary/aromatic N) is 3. The maximum Gasteiger partial charge on any atom is 0.169 e. The number of aromatic hydroxyl groups is 1. The number of phenolic OH excluding ortho intramolecular Hbond substituents is 1. The Morgan fingerprint density at radius 2 is 1.70 bits per heavy atom. The van der Waals surface area contributed by atoms with E-state index in [9.17, 15) is 5.11 Å². The summed E-state index contributed by atoms with van der Waals surface area (Å²) >= 11 is 0. The average Bonchev–Trinajstić information content (AvgIpc) is 3.15. The molecule has 5 heteroatoms. The van der Waals surface area contributed by atoms with Crippen molar-refractivity contribution < 1.29 is 9.84 Å². The van der Waals surface area contributed by atoms with Crippen LogP contribution in [0.25, 0.3) is 11.3 Å². The lowest BCUT2D eigenvalue weighted by molar-refractivity contribution is 0.409. The van der Waals surface area contributed by atoms with Crippen LogP contribution in [0.1, 0.15) is 11.1 Å². The van der Waals surface area contributed by atoms with Crippen molar-refractivity contribution in [2.24, 2.45) is 0 Å². The highest BCUT2D eigenvalue weighted by Gasteiger charge is 2.09. The van der Waals surface area contributed by atoms with Gasteiger partial charge in [-0.25, -0.2) is 4.68 Å². The molecule has 0 saturated heterocycles. The van der Waals surface area contributed by atoms with Gasteiger partial charge in [0.15, 0.2) is 11.5 Å². The van der Waals surface area contributed by atoms with E-state index in [1.54, 1.807) is 16.8 Å². The minimum atomic E-state index is 0.0964. The molecule has 5 nitrogen and oxygen atoms in total. The van der Waals surface area contributed by atoms with Gasteiger partial charge in [0.25, 0.3) is 0 Å². The topological polar surface area (TPSA) is 60.2 Å². The molecule has 4 aromatic rings. The highest BCUT2D eigenvalue weighted by atomic mass is 16.5. The van der Waals surface area contributed by atoms with Crippen molar-refractivity contribution in [3.05, 3.63) is 90.1 Å². The van der Waals surface area contributed by atoms with Crippen molar-refractivity contribution in [3.63, 3.8) is 0 Å². The van der Waals surface area contributed by atoms with Gasteiger partial charge in [0.1, 0.15) is 11.4 Å². The lowest BCUT2D eigenvalue weighted by Gasteiger charge is -2.11. The van der Waals surface area contributed by atoms with Crippen LogP contribution in [0.4, 0.5) is 0 Å². The summed E-state index contributed by atoms with van der Waals surface area (Å²) in [4.78, 5) is 0. The lowest BCUT2D eigenvalue weighted by atomic mass is 10.2. The van der Waals surface area contributed by atoms with Gasteiger partial charge < -0.3 is 9.84 Å². The number of rotatable bonds is 5. The fourth-order valence-corrected chi connectivity index (χ4v) is 2.84. The number of hydrogen-bond acceptors (Lipinski definition) is 4. The molecule has 1 N–H and O–H groups in total. The van der Waals surface area contributed by atoms with Gasteiger partial charge in [0, 0.05) is 5.56 Å². The van der Waals surface area contributed by atoms with Gasteiger partial charge in [-0.1, -0.05) is 59.8 Å². The molecule has 0 radical (unpaired) electrons. The zero-order valence-electron chi connectivity index (χ0n) is 14.9. The van der Waals surface area contributed by atoms with Crippen LogP contribution >= 0.6 is 0 Å². The normalized spacial score (nSPS) is 10.7. The third-order valence-corrected chi connectivity index (χ3v) is 4.29. The summed E-state index contributed by atoms with van der Waals surface area (Å²) in [5.41, 5.74) is 3.76. The van der Waals surface area contributed by atoms with Crippen LogP contribution in [0.15, 0.2) is 79.0 Å². The molecule has 0 saturated carbocycles. The van der Waals surface area contributed by atoms with Gasteiger partial charge in [-0.15, -0.1) is 5.10 Å². The van der Waals surface area contributed by atoms with E-state index >= 15 is 0 Å². The van der Waals surface area contributed by atoms with Crippen molar-refractivity contribution in [3.8, 4) is 28.5 Å². The van der Waals surface area contributed by atoms with E-state index < -0.39 is 0 Å². The molecule has 4 rings (SSSR count). The molecule has 0 spiro atoms. The maximum absolute atomic E-state index is 10.3. The van der Waals surface area contributed by atoms with Gasteiger partial charge in [0.2, 0.25) is 0 Å². The Labute approximate surface area is 157 Å². The molecule has 0 atom stereocenters. The van der Waals surface area contributed by atoms with Crippen molar-refractivity contribution in [2.75, 3.05) is 0 Å². The molecular weight excluding hydrogens is 338 g/mol. The number of phenols is 1. The lowest BCUT2D eigenvalue weighted by Crippen LogP contribution is -2.00. The Kier molecular flexibility index (Phi) is 4.58. The summed E-state index contributed by atoms with van der Waals surface area (Å²) < 4.78 is 7.57. The van der Waals surface area contributed by atoms with Gasteiger partial charge in [0.05, 0.1) is 12.7 Å². The Morgan fingerprint density at radius 3 is 2.48 bits per heavy atom. The second-order valence-electron chi connectivity index (χ2n) is 6.34. The fourth-order valence-electron chi connectivity index (χ4n) is 2.84. The molecule has 0 aliphatic rings. The van der Waals surface area contributed by atoms with Crippen LogP contribution in [0.2, 0.25) is 0 Å². The predicted molar refractivity (Wildman–Crippen MR) is 104 cm³/mol. The molecule has 1 aromatic heterocycles. The van der Waals surface area contributed by atoms with E-state index in [-0.39, 0.29) is 5.75 Å². The predicted octanol–water partition coefficient (Wildman–Crippen LogP) is 4.80. The van der Waals surface area contributed by atoms with Crippen molar-refractivity contribution in [2.45, 2.75) is 13.5 Å². The zero-order chi connectivity index (χ0) is 18.6. The zero-order valence-corrected chi connectivity index (χ0v) is 14.9. The molecule has 0 unspecified atom stereocenters. The van der Waals surface area contributed by atoms with Crippen LogP contribution in [-0.4, -0.2) is 20.1 Å². The SMILES string of the molecule is Cc1ccccc1Oc1ccc(Cn2cc(-c3ccccc3)nn2)cc1O. The summed E-state index contributed by atoms with van der Waals surface area (Å²) in [6.07, 6.45) is 1.89. The van der Waals surface area contributed by atoms with Crippen LogP contribution in [0, 0.1) is 6.92 Å². The largest absolute Gasteiger partial charge is 0.504 e. The van der Waals surface area contributed by atoms with E-state index in [1.165, 1.54) is 0 Å². The second-order valence-corrected chi connectivity index (χ2v) is 6.34. The van der Waals surface area contributed by atoms with E-state index in [0.717, 1.165) is 28.1 Å². The van der Waals surface area contributed by atoms with Crippen LogP contribution < -0.4 is 4.74 Å². The molecule has 0 aliphatic heterocycles. The number of ether oxygens (including phenoxy) is 1. The van der Waals surface area contributed by atoms with Crippen molar-refractivity contribution in [1.82, 2.24) is 15.0 Å². The first-order valence-corrected chi connectivity index (χ1v) is 8.70. The van der Waals surface area contributed by atoms with Gasteiger partial charge >= 0.3 is 0 Å². The molecule has 27 heavy (non-hydrogen) atoms. The monoisotopic (exact) mass is 357 g/mol. The molecule has 0 amide bonds. The van der Waals surface area contributed by atoms with Gasteiger partial charge in [-0.3, -0.25) is 0 Å². The molecule has 3 aromatic carbocycles. The average molecular weight is 357 g/mol. The summed E-state index contributed by atoms with van der Waals surface area (Å²) in [5, 5.41) is 18.7. The summed E-state index contributed by atoms with van der Waals surface area (Å²) in [6.45, 7) is 2.48. The van der Waals surface area contributed by atoms with Crippen molar-refractivity contribution >= 4 is 0 Å². The Hall–Kier alpha value is -3.60. The quantitative estimate of drug-likeness (QED) is 0.557. The van der Waals surface area contributed by atoms with Crippen molar-refractivity contribution in [1.29, 1.82) is 0 Å². The molecular formula is C22H19N3O2. The van der Waals surface area contributed by atoms with Crippen LogP contribution in [0.3, 0.4) is 0 Å². The van der Waals surface area contributed by atoms with E-state index in [2.05, 4.69) is 10.3 Å². The molecule has 134 valence electrons. The molecule has 0 bridgehead atoms. The fraction of sp³-hybridized carbons (Fsp3) is 0.0909. The Morgan fingerprint density at radius 1 is 0.926 bits per heavy atom. The van der Waals surface area contributed by atoms with E-state index in [4.69, 9.17) is 4.74 Å². The first-order chi connectivity index (χ1) is 13.2. The summed E-state index contributed by atoms with van der Waals surface area (Å²) in [5.74, 6) is 1.25. The minimum absolute atomic E-state index is 0.0964. The number of hydrogen-bond donors (Lipinski definition) is 1. The van der Waals surface area contributed by atoms with E-state index in [0.29, 0.717) is 12.3 Å². The number of para-hydroxylation sites is 1. The molecule has 0 aliphatic carbocycles. The van der Waals surface area contributed by atoms with Gasteiger partial charge in [-0.05, 0) is 36.2 Å². The van der Waals surface area contributed by atoms with Crippen LogP contribution in [-0.2, 0) is 6.54 Å². The third-order valence-electron chi connectivity index (χ3n) is 4.29. The van der Waals surface area contributed by atoms with Crippen LogP contribution in [0.5, 0.6) is 17.2 Å². The number of benzene rings is 3. The summed E-state index contributed by atoms with van der Waals surface area (Å²) in [7, 11) is 0. The molecule has 0 fully saturated rings. The highest BCUT2D eigenvalue weighted by molar-refractivity contribution is 5.57. The Balaban J connectivity index is 1.50. The van der Waals surface area contributed by atoms with E-state index in [1.807, 2.05) is 73.8 Å².